The number of nitrogens with one attached hydrogen (secondary N) is 1. The first-order chi connectivity index (χ1) is 9.40. The molecule has 0 saturated heterocycles. The van der Waals surface area contributed by atoms with Gasteiger partial charge < -0.3 is 15.6 Å². The lowest BCUT2D eigenvalue weighted by molar-refractivity contribution is -0.158. The number of nitrogen functional groups attached to an aromatic ring is 1. The molecule has 118 valence electrons. The van der Waals surface area contributed by atoms with Crippen LogP contribution in [-0.2, 0) is 6.18 Å². The maximum absolute atomic E-state index is 12.7. The van der Waals surface area contributed by atoms with E-state index in [4.69, 9.17) is 10.8 Å². The van der Waals surface area contributed by atoms with E-state index in [1.807, 2.05) is 0 Å². The molecule has 0 aromatic heterocycles. The van der Waals surface area contributed by atoms with E-state index >= 15 is 0 Å². The first-order valence-corrected chi connectivity index (χ1v) is 5.10. The van der Waals surface area contributed by atoms with Crippen LogP contribution in [0.4, 0.5) is 42.5 Å². The first-order valence-electron chi connectivity index (χ1n) is 5.10. The highest BCUT2D eigenvalue weighted by atomic mass is 19.4. The van der Waals surface area contributed by atoms with Crippen LogP contribution >= 0.6 is 0 Å². The largest absolute Gasteiger partial charge is 0.483 e. The van der Waals surface area contributed by atoms with E-state index < -0.39 is 47.7 Å². The van der Waals surface area contributed by atoms with Crippen molar-refractivity contribution in [2.24, 2.45) is 0 Å². The fourth-order valence-corrected chi connectivity index (χ4v) is 1.32. The van der Waals surface area contributed by atoms with Gasteiger partial charge in [-0.25, -0.2) is 4.79 Å². The van der Waals surface area contributed by atoms with Gasteiger partial charge >= 0.3 is 18.4 Å². The summed E-state index contributed by atoms with van der Waals surface area (Å²) in [6.07, 6.45) is -11.5. The van der Waals surface area contributed by atoms with E-state index in [2.05, 4.69) is 4.74 Å². The third-order valence-electron chi connectivity index (χ3n) is 2.09. The minimum Gasteiger partial charge on any atom is -0.483 e. The Morgan fingerprint density at radius 2 is 1.81 bits per heavy atom. The Morgan fingerprint density at radius 1 is 1.24 bits per heavy atom. The van der Waals surface area contributed by atoms with Crippen molar-refractivity contribution < 1.29 is 41.0 Å². The summed E-state index contributed by atoms with van der Waals surface area (Å²) in [7, 11) is 0. The highest BCUT2D eigenvalue weighted by Gasteiger charge is 2.37. The third kappa shape index (κ3) is 4.93. The lowest BCUT2D eigenvalue weighted by Gasteiger charge is -2.17. The van der Waals surface area contributed by atoms with Gasteiger partial charge in [0.2, 0.25) is 0 Å². The highest BCUT2D eigenvalue weighted by molar-refractivity contribution is 5.88. The standard InChI is InChI=1S/C10H8F6N2O3/c11-9(12,13)3-21-7-2-6(18-8(19)20)5(17)1-4(7)10(14,15)16/h1-2,18H,3,17H2,(H,19,20). The van der Waals surface area contributed by atoms with Crippen molar-refractivity contribution >= 4 is 17.5 Å². The zero-order valence-corrected chi connectivity index (χ0v) is 9.97. The van der Waals surface area contributed by atoms with Crippen LogP contribution in [0.2, 0.25) is 0 Å². The smallest absolute Gasteiger partial charge is 0.422 e. The van der Waals surface area contributed by atoms with Crippen LogP contribution < -0.4 is 15.8 Å². The van der Waals surface area contributed by atoms with Crippen LogP contribution in [0.3, 0.4) is 0 Å². The zero-order chi connectivity index (χ0) is 16.4. The van der Waals surface area contributed by atoms with Gasteiger partial charge in [-0.05, 0) is 6.07 Å². The summed E-state index contributed by atoms with van der Waals surface area (Å²) in [5.41, 5.74) is 2.54. The number of hydrogen-bond acceptors (Lipinski definition) is 3. The molecule has 0 spiro atoms. The topological polar surface area (TPSA) is 84.6 Å². The van der Waals surface area contributed by atoms with Crippen molar-refractivity contribution in [1.82, 2.24) is 0 Å². The van der Waals surface area contributed by atoms with Gasteiger partial charge in [-0.1, -0.05) is 0 Å². The van der Waals surface area contributed by atoms with E-state index in [0.717, 1.165) is 0 Å². The Hall–Kier alpha value is -2.33. The average molecular weight is 318 g/mol. The third-order valence-corrected chi connectivity index (χ3v) is 2.09. The summed E-state index contributed by atoms with van der Waals surface area (Å²) in [6.45, 7) is -1.97. The Labute approximate surface area is 113 Å². The molecule has 0 radical (unpaired) electrons. The van der Waals surface area contributed by atoms with E-state index in [1.165, 1.54) is 0 Å². The summed E-state index contributed by atoms with van der Waals surface area (Å²) < 4.78 is 78.2. The number of halogens is 6. The van der Waals surface area contributed by atoms with Crippen molar-refractivity contribution in [2.45, 2.75) is 12.4 Å². The van der Waals surface area contributed by atoms with Crippen LogP contribution in [0.15, 0.2) is 12.1 Å². The van der Waals surface area contributed by atoms with E-state index in [-0.39, 0.29) is 6.07 Å². The minimum atomic E-state index is -5.02. The molecule has 1 aromatic carbocycles. The number of nitrogens with two attached hydrogens (primary N) is 1. The number of amides is 1. The lowest BCUT2D eigenvalue weighted by atomic mass is 10.1. The Kier molecular flexibility index (Phi) is 4.44. The Bertz CT molecular complexity index is 541. The number of carbonyl (C=O) groups is 1. The predicted octanol–water partition coefficient (Wildman–Crippen LogP) is 3.32. The number of rotatable bonds is 3. The number of anilines is 2. The van der Waals surface area contributed by atoms with E-state index in [0.29, 0.717) is 6.07 Å². The summed E-state index contributed by atoms with van der Waals surface area (Å²) in [5, 5.41) is 10.1. The van der Waals surface area contributed by atoms with Gasteiger partial charge in [0.1, 0.15) is 5.75 Å². The summed E-state index contributed by atoms with van der Waals surface area (Å²) in [5.74, 6) is -1.18. The van der Waals surface area contributed by atoms with Crippen LogP contribution in [0.5, 0.6) is 5.75 Å². The SMILES string of the molecule is Nc1cc(C(F)(F)F)c(OCC(F)(F)F)cc1NC(=O)O. The normalized spacial score (nSPS) is 12.1. The van der Waals surface area contributed by atoms with Gasteiger partial charge in [-0.15, -0.1) is 0 Å². The van der Waals surface area contributed by atoms with Gasteiger partial charge in [-0.2, -0.15) is 26.3 Å². The molecule has 0 aliphatic carbocycles. The monoisotopic (exact) mass is 318 g/mol. The molecule has 5 nitrogen and oxygen atoms in total. The van der Waals surface area contributed by atoms with Gasteiger partial charge in [-0.3, -0.25) is 5.32 Å². The fraction of sp³-hybridized carbons (Fsp3) is 0.300. The predicted molar refractivity (Wildman–Crippen MR) is 59.1 cm³/mol. The molecule has 0 heterocycles. The molecule has 0 unspecified atom stereocenters. The molecule has 0 bridgehead atoms. The molecule has 0 fully saturated rings. The van der Waals surface area contributed by atoms with E-state index in [1.54, 1.807) is 5.32 Å². The van der Waals surface area contributed by atoms with Gasteiger partial charge in [0.15, 0.2) is 6.61 Å². The zero-order valence-electron chi connectivity index (χ0n) is 9.97. The summed E-state index contributed by atoms with van der Waals surface area (Å²) in [6, 6.07) is 0.731. The van der Waals surface area contributed by atoms with Crippen molar-refractivity contribution in [3.05, 3.63) is 17.7 Å². The molecule has 0 aliphatic rings. The van der Waals surface area contributed by atoms with Crippen LogP contribution in [0.25, 0.3) is 0 Å². The number of carboxylic acid groups (broad SMARTS) is 1. The number of benzene rings is 1. The van der Waals surface area contributed by atoms with Gasteiger partial charge in [0, 0.05) is 6.07 Å². The van der Waals surface area contributed by atoms with Gasteiger partial charge in [0.05, 0.1) is 16.9 Å². The molecule has 0 atom stereocenters. The number of hydrogen-bond donors (Lipinski definition) is 3. The molecule has 0 aliphatic heterocycles. The molecule has 0 saturated carbocycles. The number of ether oxygens (including phenoxy) is 1. The van der Waals surface area contributed by atoms with Crippen LogP contribution in [0, 0.1) is 0 Å². The fourth-order valence-electron chi connectivity index (χ4n) is 1.32. The molecule has 1 aromatic rings. The first kappa shape index (κ1) is 16.7. The quantitative estimate of drug-likeness (QED) is 0.589. The molecular formula is C10H8F6N2O3. The second-order valence-electron chi connectivity index (χ2n) is 3.77. The molecule has 11 heteroatoms. The van der Waals surface area contributed by atoms with Crippen molar-refractivity contribution in [3.63, 3.8) is 0 Å². The van der Waals surface area contributed by atoms with Gasteiger partial charge in [0.25, 0.3) is 0 Å². The molecule has 21 heavy (non-hydrogen) atoms. The Balaban J connectivity index is 3.24. The maximum Gasteiger partial charge on any atom is 0.422 e. The number of alkyl halides is 6. The maximum atomic E-state index is 12.7. The summed E-state index contributed by atoms with van der Waals surface area (Å²) in [4.78, 5) is 10.4. The second-order valence-corrected chi connectivity index (χ2v) is 3.77. The molecule has 1 rings (SSSR count). The minimum absolute atomic E-state index is 0.289. The van der Waals surface area contributed by atoms with Crippen molar-refractivity contribution in [2.75, 3.05) is 17.7 Å². The molecule has 4 N–H and O–H groups in total. The van der Waals surface area contributed by atoms with Crippen LogP contribution in [-0.4, -0.2) is 24.0 Å². The molecule has 1 amide bonds. The van der Waals surface area contributed by atoms with Crippen molar-refractivity contribution in [3.8, 4) is 5.75 Å². The summed E-state index contributed by atoms with van der Waals surface area (Å²) >= 11 is 0. The Morgan fingerprint density at radius 3 is 2.24 bits per heavy atom. The second kappa shape index (κ2) is 5.58. The van der Waals surface area contributed by atoms with Crippen molar-refractivity contribution in [1.29, 1.82) is 0 Å². The lowest BCUT2D eigenvalue weighted by Crippen LogP contribution is -2.21. The van der Waals surface area contributed by atoms with Crippen LogP contribution in [0.1, 0.15) is 5.56 Å². The van der Waals surface area contributed by atoms with E-state index in [9.17, 15) is 31.1 Å². The average Bonchev–Trinajstić information content (AvgIpc) is 2.26. The molecular weight excluding hydrogens is 310 g/mol. The highest BCUT2D eigenvalue weighted by Crippen LogP contribution is 2.40.